The van der Waals surface area contributed by atoms with Crippen LogP contribution in [-0.2, 0) is 0 Å². The number of rotatable bonds is 4. The van der Waals surface area contributed by atoms with Gasteiger partial charge in [-0.15, -0.1) is 0 Å². The average Bonchev–Trinajstić information content (AvgIpc) is 3.59. The van der Waals surface area contributed by atoms with Gasteiger partial charge in [-0.1, -0.05) is 152 Å². The number of benzene rings is 9. The molecule has 0 fully saturated rings. The lowest BCUT2D eigenvalue weighted by Gasteiger charge is -2.36. The van der Waals surface area contributed by atoms with Crippen molar-refractivity contribution in [1.29, 1.82) is 0 Å². The molecule has 250 valence electrons. The van der Waals surface area contributed by atoms with Gasteiger partial charge < -0.3 is 9.88 Å². The van der Waals surface area contributed by atoms with Crippen molar-refractivity contribution < 1.29 is 0 Å². The van der Waals surface area contributed by atoms with Crippen LogP contribution in [-0.4, -0.2) is 4.57 Å². The third-order valence-corrected chi connectivity index (χ3v) is 11.2. The van der Waals surface area contributed by atoms with Crippen LogP contribution in [0.2, 0.25) is 0 Å². The second kappa shape index (κ2) is 11.9. The van der Waals surface area contributed by atoms with Gasteiger partial charge in [0, 0.05) is 22.1 Å². The number of anilines is 1. The molecule has 0 bridgehead atoms. The van der Waals surface area contributed by atoms with E-state index >= 15 is 0 Å². The molecular weight excluding hydrogens is 643 g/mol. The first-order valence-corrected chi connectivity index (χ1v) is 18.4. The summed E-state index contributed by atoms with van der Waals surface area (Å²) >= 11 is 0. The molecule has 10 aromatic rings. The van der Waals surface area contributed by atoms with Crippen molar-refractivity contribution in [2.24, 2.45) is 0 Å². The highest BCUT2D eigenvalue weighted by Crippen LogP contribution is 2.42. The quantitative estimate of drug-likeness (QED) is 0.194. The number of nitrogens with zero attached hydrogens (tertiary/aromatic N) is 1. The molecule has 0 saturated carbocycles. The third kappa shape index (κ3) is 4.78. The summed E-state index contributed by atoms with van der Waals surface area (Å²) in [6.07, 6.45) is -0.0872. The van der Waals surface area contributed by atoms with Gasteiger partial charge in [0.1, 0.15) is 6.17 Å². The maximum atomic E-state index is 4.02. The van der Waals surface area contributed by atoms with E-state index in [2.05, 4.69) is 203 Å². The van der Waals surface area contributed by atoms with Crippen LogP contribution >= 0.6 is 0 Å². The van der Waals surface area contributed by atoms with Gasteiger partial charge in [-0.05, 0) is 96.5 Å². The minimum absolute atomic E-state index is 0.0258. The molecule has 2 heterocycles. The molecule has 1 aliphatic rings. The van der Waals surface area contributed by atoms with Crippen molar-refractivity contribution in [3.63, 3.8) is 0 Å². The summed E-state index contributed by atoms with van der Waals surface area (Å²) in [6, 6.07) is 68.7. The van der Waals surface area contributed by atoms with Gasteiger partial charge in [-0.25, -0.2) is 0 Å². The van der Waals surface area contributed by atoms with Gasteiger partial charge >= 0.3 is 0 Å². The smallest absolute Gasteiger partial charge is 0.105 e. The maximum absolute atomic E-state index is 4.02. The standard InChI is InChI=1S/C50H35N3/c1-2-12-32(13-3-1)35-16-10-18-37(30-35)49-43-21-8-9-23-44(43)51-50(52-49)42-22-11-17-36-31-38(26-27-39(36)42)53-45-28-24-33-14-4-6-19-40(33)47(45)48-41-20-7-5-15-34(41)25-29-46(48)53/h1-31,49-52H. The zero-order chi connectivity index (χ0) is 34.9. The summed E-state index contributed by atoms with van der Waals surface area (Å²) in [5, 5.41) is 18.0. The minimum Gasteiger partial charge on any atom is -0.366 e. The molecule has 0 radical (unpaired) electrons. The number of hydrogen-bond donors (Lipinski definition) is 2. The van der Waals surface area contributed by atoms with E-state index in [1.54, 1.807) is 0 Å². The van der Waals surface area contributed by atoms with Gasteiger partial charge in [0.15, 0.2) is 0 Å². The molecule has 2 N–H and O–H groups in total. The van der Waals surface area contributed by atoms with Crippen LogP contribution in [0, 0.1) is 0 Å². The second-order valence-corrected chi connectivity index (χ2v) is 14.2. The van der Waals surface area contributed by atoms with Crippen LogP contribution in [0.5, 0.6) is 0 Å². The van der Waals surface area contributed by atoms with Gasteiger partial charge in [-0.3, -0.25) is 5.32 Å². The molecular formula is C50H35N3. The summed E-state index contributed by atoms with van der Waals surface area (Å²) in [4.78, 5) is 0. The van der Waals surface area contributed by atoms with Crippen molar-refractivity contribution >= 4 is 59.8 Å². The zero-order valence-corrected chi connectivity index (χ0v) is 29.0. The molecule has 0 amide bonds. The van der Waals surface area contributed by atoms with Crippen molar-refractivity contribution in [1.82, 2.24) is 9.88 Å². The van der Waals surface area contributed by atoms with Gasteiger partial charge in [0.2, 0.25) is 0 Å². The van der Waals surface area contributed by atoms with Crippen LogP contribution in [0.25, 0.3) is 70.9 Å². The van der Waals surface area contributed by atoms with E-state index in [0.29, 0.717) is 0 Å². The molecule has 3 heteroatoms. The average molecular weight is 678 g/mol. The Kier molecular flexibility index (Phi) is 6.76. The fourth-order valence-electron chi connectivity index (χ4n) is 8.82. The van der Waals surface area contributed by atoms with Gasteiger partial charge in [-0.2, -0.15) is 0 Å². The Morgan fingerprint density at radius 3 is 1.81 bits per heavy atom. The van der Waals surface area contributed by atoms with Crippen LogP contribution in [0.3, 0.4) is 0 Å². The summed E-state index contributed by atoms with van der Waals surface area (Å²) < 4.78 is 2.46. The van der Waals surface area contributed by atoms with Crippen molar-refractivity contribution in [2.45, 2.75) is 12.2 Å². The van der Waals surface area contributed by atoms with Gasteiger partial charge in [0.05, 0.1) is 17.1 Å². The molecule has 11 rings (SSSR count). The van der Waals surface area contributed by atoms with Gasteiger partial charge in [0.25, 0.3) is 0 Å². The highest BCUT2D eigenvalue weighted by atomic mass is 15.2. The van der Waals surface area contributed by atoms with E-state index in [9.17, 15) is 0 Å². The van der Waals surface area contributed by atoms with Crippen molar-refractivity contribution in [3.05, 3.63) is 205 Å². The molecule has 1 aromatic heterocycles. The Hall–Kier alpha value is -6.68. The van der Waals surface area contributed by atoms with Crippen LogP contribution < -0.4 is 10.6 Å². The lowest BCUT2D eigenvalue weighted by atomic mass is 9.91. The zero-order valence-electron chi connectivity index (χ0n) is 29.0. The lowest BCUT2D eigenvalue weighted by Crippen LogP contribution is -2.37. The minimum atomic E-state index is -0.0872. The monoisotopic (exact) mass is 677 g/mol. The van der Waals surface area contributed by atoms with Crippen LogP contribution in [0.1, 0.15) is 28.9 Å². The molecule has 3 nitrogen and oxygen atoms in total. The number of fused-ring (bicyclic) bond motifs is 9. The molecule has 1 aliphatic heterocycles. The van der Waals surface area contributed by atoms with E-state index in [4.69, 9.17) is 0 Å². The lowest BCUT2D eigenvalue weighted by molar-refractivity contribution is 0.508. The first-order chi connectivity index (χ1) is 26.3. The summed E-state index contributed by atoms with van der Waals surface area (Å²) in [7, 11) is 0. The normalized spacial score (nSPS) is 15.6. The largest absolute Gasteiger partial charge is 0.366 e. The molecule has 2 atom stereocenters. The van der Waals surface area contributed by atoms with Crippen LogP contribution in [0.4, 0.5) is 5.69 Å². The first kappa shape index (κ1) is 30.0. The molecule has 0 spiro atoms. The van der Waals surface area contributed by atoms with Crippen LogP contribution in [0.15, 0.2) is 188 Å². The molecule has 0 saturated heterocycles. The highest BCUT2D eigenvalue weighted by molar-refractivity contribution is 6.28. The van der Waals surface area contributed by atoms with Crippen molar-refractivity contribution in [3.8, 4) is 16.8 Å². The highest BCUT2D eigenvalue weighted by Gasteiger charge is 2.29. The Morgan fingerprint density at radius 2 is 1.04 bits per heavy atom. The second-order valence-electron chi connectivity index (χ2n) is 14.2. The topological polar surface area (TPSA) is 29.0 Å². The maximum Gasteiger partial charge on any atom is 0.105 e. The third-order valence-electron chi connectivity index (χ3n) is 11.2. The Labute approximate surface area is 307 Å². The number of para-hydroxylation sites is 1. The van der Waals surface area contributed by atoms with Crippen molar-refractivity contribution in [2.75, 3.05) is 5.32 Å². The fraction of sp³-hybridized carbons (Fsp3) is 0.0400. The Bertz CT molecular complexity index is 2940. The Balaban J connectivity index is 1.05. The summed E-state index contributed by atoms with van der Waals surface area (Å²) in [5.74, 6) is 0. The summed E-state index contributed by atoms with van der Waals surface area (Å²) in [6.45, 7) is 0. The molecule has 53 heavy (non-hydrogen) atoms. The molecule has 0 aliphatic carbocycles. The van der Waals surface area contributed by atoms with E-state index in [1.165, 1.54) is 81.9 Å². The number of hydrogen-bond acceptors (Lipinski definition) is 2. The molecule has 2 unspecified atom stereocenters. The van der Waals surface area contributed by atoms with E-state index in [1.807, 2.05) is 0 Å². The van der Waals surface area contributed by atoms with E-state index in [0.717, 1.165) is 11.4 Å². The number of aromatic nitrogens is 1. The van der Waals surface area contributed by atoms with E-state index < -0.39 is 0 Å². The van der Waals surface area contributed by atoms with E-state index in [-0.39, 0.29) is 12.2 Å². The predicted octanol–water partition coefficient (Wildman–Crippen LogP) is 12.7. The number of nitrogens with one attached hydrogen (secondary N) is 2. The fourth-order valence-corrected chi connectivity index (χ4v) is 8.82. The Morgan fingerprint density at radius 1 is 0.415 bits per heavy atom. The molecule has 9 aromatic carbocycles. The first-order valence-electron chi connectivity index (χ1n) is 18.4. The predicted molar refractivity (Wildman–Crippen MR) is 223 cm³/mol. The summed E-state index contributed by atoms with van der Waals surface area (Å²) in [5.41, 5.74) is 10.9. The SMILES string of the molecule is c1ccc(-c2cccc(C3NC(c4cccc5cc(-n6c7ccc8ccccc8c7c7c8ccccc8ccc76)ccc45)Nc4ccccc43)c2)cc1.